The number of nitrogens with zero attached hydrogens (tertiary/aromatic N) is 3. The van der Waals surface area contributed by atoms with Gasteiger partial charge in [-0.15, -0.1) is 0 Å². The molecule has 0 aromatic carbocycles. The third kappa shape index (κ3) is 3.52. The molecule has 4 nitrogen and oxygen atoms in total. The fourth-order valence-electron chi connectivity index (χ4n) is 2.57. The lowest BCUT2D eigenvalue weighted by atomic mass is 10.0. The summed E-state index contributed by atoms with van der Waals surface area (Å²) in [4.78, 5) is 4.35. The van der Waals surface area contributed by atoms with Crippen LogP contribution < -0.4 is 0 Å². The first-order chi connectivity index (χ1) is 9.96. The number of aliphatic hydroxyl groups is 1. The molecule has 1 N–H and O–H groups in total. The van der Waals surface area contributed by atoms with Crippen molar-refractivity contribution in [3.05, 3.63) is 44.9 Å². The van der Waals surface area contributed by atoms with Crippen LogP contribution in [0.1, 0.15) is 48.3 Å². The fraction of sp³-hybridized carbons (Fsp3) is 0.500. The second-order valence-electron chi connectivity index (χ2n) is 5.28. The predicted molar refractivity (Wildman–Crippen MR) is 87.4 cm³/mol. The molecule has 5 heteroatoms. The van der Waals surface area contributed by atoms with Crippen molar-refractivity contribution in [1.29, 1.82) is 0 Å². The van der Waals surface area contributed by atoms with E-state index in [1.165, 1.54) is 0 Å². The standard InChI is InChI=1S/C16H22BrN3O/c1-5-13-16(17)14(20(6-2)19-13)9-15(21)12-7-10(3)18-11(4)8-12/h7-8,15,21H,5-6,9H2,1-4H3. The molecular weight excluding hydrogens is 330 g/mol. The van der Waals surface area contributed by atoms with E-state index in [2.05, 4.69) is 39.9 Å². The Kier molecular flexibility index (Phi) is 5.17. The zero-order valence-electron chi connectivity index (χ0n) is 13.0. The Morgan fingerprint density at radius 3 is 2.38 bits per heavy atom. The molecule has 0 saturated heterocycles. The zero-order chi connectivity index (χ0) is 15.6. The molecule has 0 amide bonds. The third-order valence-corrected chi connectivity index (χ3v) is 4.48. The molecule has 0 aliphatic heterocycles. The first-order valence-corrected chi connectivity index (χ1v) is 8.12. The number of aromatic nitrogens is 3. The van der Waals surface area contributed by atoms with E-state index >= 15 is 0 Å². The second-order valence-corrected chi connectivity index (χ2v) is 6.07. The Labute approximate surface area is 134 Å². The molecule has 114 valence electrons. The van der Waals surface area contributed by atoms with Crippen molar-refractivity contribution >= 4 is 15.9 Å². The number of aryl methyl sites for hydroxylation is 4. The van der Waals surface area contributed by atoms with Crippen molar-refractivity contribution in [3.63, 3.8) is 0 Å². The molecule has 21 heavy (non-hydrogen) atoms. The van der Waals surface area contributed by atoms with E-state index in [1.807, 2.05) is 30.7 Å². The summed E-state index contributed by atoms with van der Waals surface area (Å²) in [6.45, 7) is 8.85. The maximum atomic E-state index is 10.6. The average Bonchev–Trinajstić information content (AvgIpc) is 2.74. The average molecular weight is 352 g/mol. The van der Waals surface area contributed by atoms with Gasteiger partial charge in [-0.25, -0.2) is 0 Å². The first-order valence-electron chi connectivity index (χ1n) is 7.33. The molecule has 1 unspecified atom stereocenters. The molecule has 2 aromatic rings. The van der Waals surface area contributed by atoms with E-state index < -0.39 is 6.10 Å². The molecule has 0 spiro atoms. The number of rotatable bonds is 5. The highest BCUT2D eigenvalue weighted by molar-refractivity contribution is 9.10. The van der Waals surface area contributed by atoms with Crippen LogP contribution in [0.3, 0.4) is 0 Å². The van der Waals surface area contributed by atoms with Gasteiger partial charge in [-0.1, -0.05) is 6.92 Å². The van der Waals surface area contributed by atoms with Crippen LogP contribution in [0.2, 0.25) is 0 Å². The molecule has 0 saturated carbocycles. The number of hydrogen-bond donors (Lipinski definition) is 1. The molecule has 0 fully saturated rings. The van der Waals surface area contributed by atoms with Crippen LogP contribution in [0.15, 0.2) is 16.6 Å². The molecule has 2 rings (SSSR count). The molecular formula is C16H22BrN3O. The van der Waals surface area contributed by atoms with Gasteiger partial charge in [0.15, 0.2) is 0 Å². The zero-order valence-corrected chi connectivity index (χ0v) is 14.6. The van der Waals surface area contributed by atoms with E-state index in [4.69, 9.17) is 0 Å². The van der Waals surface area contributed by atoms with Gasteiger partial charge in [0, 0.05) is 24.4 Å². The Morgan fingerprint density at radius 1 is 1.24 bits per heavy atom. The quantitative estimate of drug-likeness (QED) is 0.896. The molecule has 0 bridgehead atoms. The summed E-state index contributed by atoms with van der Waals surface area (Å²) in [6, 6.07) is 3.89. The van der Waals surface area contributed by atoms with Gasteiger partial charge >= 0.3 is 0 Å². The number of hydrogen-bond acceptors (Lipinski definition) is 3. The highest BCUT2D eigenvalue weighted by Gasteiger charge is 2.18. The van der Waals surface area contributed by atoms with Gasteiger partial charge in [-0.3, -0.25) is 9.67 Å². The van der Waals surface area contributed by atoms with Crippen LogP contribution in [0.25, 0.3) is 0 Å². The van der Waals surface area contributed by atoms with E-state index in [-0.39, 0.29) is 0 Å². The number of aliphatic hydroxyl groups excluding tert-OH is 1. The van der Waals surface area contributed by atoms with Gasteiger partial charge in [-0.05, 0) is 60.8 Å². The summed E-state index contributed by atoms with van der Waals surface area (Å²) in [5, 5.41) is 15.1. The van der Waals surface area contributed by atoms with E-state index in [1.54, 1.807) is 0 Å². The van der Waals surface area contributed by atoms with Crippen molar-refractivity contribution in [3.8, 4) is 0 Å². The van der Waals surface area contributed by atoms with Gasteiger partial charge in [0.2, 0.25) is 0 Å². The summed E-state index contributed by atoms with van der Waals surface area (Å²) in [5.41, 5.74) is 4.87. The molecule has 0 radical (unpaired) electrons. The van der Waals surface area contributed by atoms with Crippen molar-refractivity contribution in [2.24, 2.45) is 0 Å². The highest BCUT2D eigenvalue weighted by atomic mass is 79.9. The van der Waals surface area contributed by atoms with Crippen molar-refractivity contribution in [1.82, 2.24) is 14.8 Å². The van der Waals surface area contributed by atoms with Crippen molar-refractivity contribution in [2.45, 2.75) is 53.2 Å². The summed E-state index contributed by atoms with van der Waals surface area (Å²) < 4.78 is 2.99. The lowest BCUT2D eigenvalue weighted by Crippen LogP contribution is -2.09. The van der Waals surface area contributed by atoms with Crippen LogP contribution in [-0.2, 0) is 19.4 Å². The maximum absolute atomic E-state index is 10.6. The molecule has 2 aromatic heterocycles. The minimum Gasteiger partial charge on any atom is -0.388 e. The van der Waals surface area contributed by atoms with Crippen LogP contribution >= 0.6 is 15.9 Å². The predicted octanol–water partition coefficient (Wildman–Crippen LogP) is 3.52. The second kappa shape index (κ2) is 6.71. The van der Waals surface area contributed by atoms with Crippen LogP contribution in [0.4, 0.5) is 0 Å². The molecule has 0 aliphatic carbocycles. The molecule has 0 aliphatic rings. The van der Waals surface area contributed by atoms with Gasteiger partial charge in [0.25, 0.3) is 0 Å². The normalized spacial score (nSPS) is 12.7. The Balaban J connectivity index is 2.30. The summed E-state index contributed by atoms with van der Waals surface area (Å²) >= 11 is 3.63. The summed E-state index contributed by atoms with van der Waals surface area (Å²) in [7, 11) is 0. The van der Waals surface area contributed by atoms with E-state index in [0.717, 1.165) is 45.8 Å². The lowest BCUT2D eigenvalue weighted by molar-refractivity contribution is 0.175. The van der Waals surface area contributed by atoms with Crippen LogP contribution in [-0.4, -0.2) is 19.9 Å². The van der Waals surface area contributed by atoms with Crippen molar-refractivity contribution in [2.75, 3.05) is 0 Å². The van der Waals surface area contributed by atoms with Crippen LogP contribution in [0, 0.1) is 13.8 Å². The lowest BCUT2D eigenvalue weighted by Gasteiger charge is -2.14. The maximum Gasteiger partial charge on any atom is 0.0847 e. The Hall–Kier alpha value is -1.20. The third-order valence-electron chi connectivity index (χ3n) is 3.57. The Morgan fingerprint density at radius 2 is 1.86 bits per heavy atom. The molecule has 1 atom stereocenters. The largest absolute Gasteiger partial charge is 0.388 e. The monoisotopic (exact) mass is 351 g/mol. The van der Waals surface area contributed by atoms with Gasteiger partial charge < -0.3 is 5.11 Å². The van der Waals surface area contributed by atoms with Crippen LogP contribution in [0.5, 0.6) is 0 Å². The van der Waals surface area contributed by atoms with Gasteiger partial charge in [0.05, 0.1) is 22.0 Å². The fourth-order valence-corrected chi connectivity index (χ4v) is 3.30. The number of pyridine rings is 1. The number of halogens is 1. The highest BCUT2D eigenvalue weighted by Crippen LogP contribution is 2.27. The Bertz CT molecular complexity index is 616. The van der Waals surface area contributed by atoms with Crippen molar-refractivity contribution < 1.29 is 5.11 Å². The summed E-state index contributed by atoms with van der Waals surface area (Å²) in [6.07, 6.45) is 0.877. The minimum absolute atomic E-state index is 0.546. The van der Waals surface area contributed by atoms with E-state index in [0.29, 0.717) is 6.42 Å². The summed E-state index contributed by atoms with van der Waals surface area (Å²) in [5.74, 6) is 0. The molecule has 2 heterocycles. The van der Waals surface area contributed by atoms with Gasteiger partial charge in [-0.2, -0.15) is 5.10 Å². The smallest absolute Gasteiger partial charge is 0.0847 e. The SMILES string of the molecule is CCc1nn(CC)c(CC(O)c2cc(C)nc(C)c2)c1Br. The minimum atomic E-state index is -0.548. The van der Waals surface area contributed by atoms with E-state index in [9.17, 15) is 5.11 Å². The topological polar surface area (TPSA) is 50.9 Å². The first kappa shape index (κ1) is 16.2. The van der Waals surface area contributed by atoms with Gasteiger partial charge in [0.1, 0.15) is 0 Å².